The van der Waals surface area contributed by atoms with Gasteiger partial charge in [0.15, 0.2) is 0 Å². The first-order valence-corrected chi connectivity index (χ1v) is 13.3. The van der Waals surface area contributed by atoms with Crippen LogP contribution in [0.1, 0.15) is 71.8 Å². The van der Waals surface area contributed by atoms with Gasteiger partial charge in [0.1, 0.15) is 6.54 Å². The van der Waals surface area contributed by atoms with Gasteiger partial charge in [-0.25, -0.2) is 0 Å². The summed E-state index contributed by atoms with van der Waals surface area (Å²) >= 11 is 1.70. The maximum absolute atomic E-state index is 13.7. The predicted molar refractivity (Wildman–Crippen MR) is 146 cm³/mol. The number of hydrogen-bond donors (Lipinski definition) is 0. The third-order valence-corrected chi connectivity index (χ3v) is 7.07. The highest BCUT2D eigenvalue weighted by molar-refractivity contribution is 7.11. The van der Waals surface area contributed by atoms with Gasteiger partial charge in [0.25, 0.3) is 5.91 Å². The molecule has 0 saturated heterocycles. The summed E-state index contributed by atoms with van der Waals surface area (Å²) in [4.78, 5) is 33.1. The lowest BCUT2D eigenvalue weighted by atomic mass is 10.0. The van der Waals surface area contributed by atoms with Gasteiger partial charge in [-0.15, -0.1) is 11.3 Å². The fourth-order valence-electron chi connectivity index (χ4n) is 3.99. The molecule has 0 atom stereocenters. The molecule has 0 unspecified atom stereocenters. The first-order chi connectivity index (χ1) is 16.7. The molecule has 4 nitrogen and oxygen atoms in total. The quantitative estimate of drug-likeness (QED) is 0.311. The number of carbonyl (C=O) groups excluding carboxylic acids is 2. The van der Waals surface area contributed by atoms with E-state index in [-0.39, 0.29) is 18.4 Å². The van der Waals surface area contributed by atoms with E-state index in [1.54, 1.807) is 16.2 Å². The molecule has 0 radical (unpaired) electrons. The predicted octanol–water partition coefficient (Wildman–Crippen LogP) is 6.87. The molecule has 0 fully saturated rings. The number of amides is 2. The minimum Gasteiger partial charge on any atom is -0.332 e. The third kappa shape index (κ3) is 7.79. The van der Waals surface area contributed by atoms with Crippen LogP contribution in [-0.4, -0.2) is 33.7 Å². The largest absolute Gasteiger partial charge is 0.332 e. The Morgan fingerprint density at radius 1 is 0.857 bits per heavy atom. The summed E-state index contributed by atoms with van der Waals surface area (Å²) in [5.74, 6) is -0.165. The van der Waals surface area contributed by atoms with Gasteiger partial charge in [-0.1, -0.05) is 55.8 Å². The van der Waals surface area contributed by atoms with E-state index in [0.29, 0.717) is 18.7 Å². The van der Waals surface area contributed by atoms with Gasteiger partial charge >= 0.3 is 0 Å². The van der Waals surface area contributed by atoms with E-state index in [1.807, 2.05) is 80.3 Å². The molecule has 2 aromatic carbocycles. The maximum atomic E-state index is 13.7. The fraction of sp³-hybridized carbons (Fsp3) is 0.400. The number of carbonyl (C=O) groups is 2. The average Bonchev–Trinajstić information content (AvgIpc) is 3.25. The lowest BCUT2D eigenvalue weighted by molar-refractivity contribution is -0.134. The standard InChI is InChI=1S/C30H38N2O2S/c1-6-7-11-24-15-17-26(18-16-24)29(34)32(30(3,4)5)22-28(33)31(20-25-12-9-8-10-13-25)21-27-19-14-23(2)35-27/h8-10,12-19H,6-7,11,20-22H2,1-5H3. The van der Waals surface area contributed by atoms with E-state index in [4.69, 9.17) is 0 Å². The lowest BCUT2D eigenvalue weighted by Crippen LogP contribution is -2.51. The van der Waals surface area contributed by atoms with Crippen LogP contribution in [-0.2, 0) is 24.3 Å². The molecule has 3 rings (SSSR count). The van der Waals surface area contributed by atoms with E-state index in [1.165, 1.54) is 10.4 Å². The zero-order chi connectivity index (χ0) is 25.4. The van der Waals surface area contributed by atoms with Crippen molar-refractivity contribution in [1.82, 2.24) is 9.80 Å². The normalized spacial score (nSPS) is 11.3. The highest BCUT2D eigenvalue weighted by Gasteiger charge is 2.31. The molecule has 35 heavy (non-hydrogen) atoms. The molecule has 0 aliphatic carbocycles. The molecule has 0 saturated carbocycles. The number of hydrogen-bond acceptors (Lipinski definition) is 3. The molecule has 2 amide bonds. The molecule has 0 aliphatic heterocycles. The van der Waals surface area contributed by atoms with E-state index >= 15 is 0 Å². The van der Waals surface area contributed by atoms with Crippen LogP contribution in [0, 0.1) is 6.92 Å². The Bertz CT molecular complexity index is 1100. The zero-order valence-electron chi connectivity index (χ0n) is 21.7. The average molecular weight is 491 g/mol. The van der Waals surface area contributed by atoms with Crippen molar-refractivity contribution >= 4 is 23.2 Å². The van der Waals surface area contributed by atoms with Gasteiger partial charge < -0.3 is 9.80 Å². The molecular formula is C30H38N2O2S. The summed E-state index contributed by atoms with van der Waals surface area (Å²) in [5, 5.41) is 0. The molecule has 1 heterocycles. The number of unbranched alkanes of at least 4 members (excludes halogenated alkanes) is 1. The molecule has 0 bridgehead atoms. The van der Waals surface area contributed by atoms with Crippen molar-refractivity contribution in [3.05, 3.63) is 93.2 Å². The van der Waals surface area contributed by atoms with E-state index in [0.717, 1.165) is 29.7 Å². The van der Waals surface area contributed by atoms with Crippen LogP contribution in [0.4, 0.5) is 0 Å². The molecule has 1 aromatic heterocycles. The summed E-state index contributed by atoms with van der Waals surface area (Å²) in [6, 6.07) is 22.0. The molecule has 0 spiro atoms. The minimum absolute atomic E-state index is 0.0388. The van der Waals surface area contributed by atoms with Crippen LogP contribution in [0.2, 0.25) is 0 Å². The fourth-order valence-corrected chi connectivity index (χ4v) is 4.90. The van der Waals surface area contributed by atoms with Gasteiger partial charge in [-0.2, -0.15) is 0 Å². The number of thiophene rings is 1. The van der Waals surface area contributed by atoms with Gasteiger partial charge in [-0.3, -0.25) is 9.59 Å². The zero-order valence-corrected chi connectivity index (χ0v) is 22.5. The third-order valence-electron chi connectivity index (χ3n) is 6.08. The van der Waals surface area contributed by atoms with Crippen LogP contribution in [0.25, 0.3) is 0 Å². The van der Waals surface area contributed by atoms with Crippen LogP contribution in [0.15, 0.2) is 66.7 Å². The monoisotopic (exact) mass is 490 g/mol. The van der Waals surface area contributed by atoms with Crippen LogP contribution in [0.5, 0.6) is 0 Å². The Labute approximate surface area is 214 Å². The highest BCUT2D eigenvalue weighted by atomic mass is 32.1. The van der Waals surface area contributed by atoms with E-state index < -0.39 is 5.54 Å². The number of nitrogens with zero attached hydrogens (tertiary/aromatic N) is 2. The topological polar surface area (TPSA) is 40.6 Å². The second-order valence-corrected chi connectivity index (χ2v) is 11.5. The first kappa shape index (κ1) is 26.7. The van der Waals surface area contributed by atoms with Gasteiger partial charge in [-0.05, 0) is 75.9 Å². The van der Waals surface area contributed by atoms with Crippen LogP contribution in [0.3, 0.4) is 0 Å². The molecule has 0 aliphatic rings. The Balaban J connectivity index is 1.81. The highest BCUT2D eigenvalue weighted by Crippen LogP contribution is 2.22. The van der Waals surface area contributed by atoms with Crippen LogP contribution >= 0.6 is 11.3 Å². The second-order valence-electron chi connectivity index (χ2n) is 10.1. The molecule has 3 aromatic rings. The Morgan fingerprint density at radius 2 is 1.54 bits per heavy atom. The number of benzene rings is 2. The molecule has 0 N–H and O–H groups in total. The van der Waals surface area contributed by atoms with E-state index in [9.17, 15) is 9.59 Å². The van der Waals surface area contributed by atoms with Gasteiger partial charge in [0.05, 0.1) is 6.54 Å². The van der Waals surface area contributed by atoms with Crippen molar-refractivity contribution in [2.45, 2.75) is 72.5 Å². The summed E-state index contributed by atoms with van der Waals surface area (Å²) in [6.45, 7) is 11.3. The molecule has 186 valence electrons. The van der Waals surface area contributed by atoms with Crippen molar-refractivity contribution < 1.29 is 9.59 Å². The van der Waals surface area contributed by atoms with Crippen molar-refractivity contribution in [2.24, 2.45) is 0 Å². The minimum atomic E-state index is -0.494. The molecular weight excluding hydrogens is 452 g/mol. The number of aryl methyl sites for hydroxylation is 2. The lowest BCUT2D eigenvalue weighted by Gasteiger charge is -2.37. The first-order valence-electron chi connectivity index (χ1n) is 12.5. The summed E-state index contributed by atoms with van der Waals surface area (Å²) < 4.78 is 0. The van der Waals surface area contributed by atoms with E-state index in [2.05, 4.69) is 26.0 Å². The van der Waals surface area contributed by atoms with Crippen molar-refractivity contribution in [3.8, 4) is 0 Å². The Kier molecular flexibility index (Phi) is 9.27. The van der Waals surface area contributed by atoms with Crippen molar-refractivity contribution in [2.75, 3.05) is 6.54 Å². The summed E-state index contributed by atoms with van der Waals surface area (Å²) in [7, 11) is 0. The molecule has 5 heteroatoms. The second kappa shape index (κ2) is 12.2. The summed E-state index contributed by atoms with van der Waals surface area (Å²) in [6.07, 6.45) is 3.30. The van der Waals surface area contributed by atoms with Gasteiger partial charge in [0.2, 0.25) is 5.91 Å². The summed E-state index contributed by atoms with van der Waals surface area (Å²) in [5.41, 5.74) is 2.44. The smallest absolute Gasteiger partial charge is 0.254 e. The SMILES string of the molecule is CCCCc1ccc(C(=O)N(CC(=O)N(Cc2ccccc2)Cc2ccc(C)s2)C(C)(C)C)cc1. The van der Waals surface area contributed by atoms with Gasteiger partial charge in [0, 0.05) is 27.4 Å². The van der Waals surface area contributed by atoms with Crippen molar-refractivity contribution in [1.29, 1.82) is 0 Å². The maximum Gasteiger partial charge on any atom is 0.254 e. The van der Waals surface area contributed by atoms with Crippen LogP contribution < -0.4 is 0 Å². The Morgan fingerprint density at radius 3 is 2.11 bits per heavy atom. The number of rotatable bonds is 10. The van der Waals surface area contributed by atoms with Crippen molar-refractivity contribution in [3.63, 3.8) is 0 Å². The Hall–Kier alpha value is -2.92.